The lowest BCUT2D eigenvalue weighted by Gasteiger charge is -2.20. The average Bonchev–Trinajstić information content (AvgIpc) is 3.16. The van der Waals surface area contributed by atoms with E-state index < -0.39 is 51.8 Å². The number of rotatable bonds is 41. The SMILES string of the molecule is CCCCCC/C=C/C=C/CCCCCCCC(=O)O[C@H](COC(=O)CCCCCCCCCCCCCCCCCC)COP(=O)(O)OC[C@@H](O)CO. The van der Waals surface area contributed by atoms with E-state index in [4.69, 9.17) is 19.1 Å². The Hall–Kier alpha value is -1.55. The van der Waals surface area contributed by atoms with E-state index in [0.717, 1.165) is 57.8 Å². The summed E-state index contributed by atoms with van der Waals surface area (Å²) < 4.78 is 32.7. The summed E-state index contributed by atoms with van der Waals surface area (Å²) in [5.41, 5.74) is 0. The first-order valence-electron chi connectivity index (χ1n) is 21.8. The summed E-state index contributed by atoms with van der Waals surface area (Å²) in [7, 11) is -4.62. The molecule has 0 fully saturated rings. The average molecular weight is 789 g/mol. The van der Waals surface area contributed by atoms with E-state index in [1.807, 2.05) is 0 Å². The maximum Gasteiger partial charge on any atom is 0.472 e. The van der Waals surface area contributed by atoms with E-state index in [-0.39, 0.29) is 19.4 Å². The molecule has 3 N–H and O–H groups in total. The van der Waals surface area contributed by atoms with Crippen molar-refractivity contribution in [2.45, 2.75) is 212 Å². The van der Waals surface area contributed by atoms with Crippen molar-refractivity contribution < 1.29 is 47.8 Å². The number of aliphatic hydroxyl groups is 2. The highest BCUT2D eigenvalue weighted by Gasteiger charge is 2.27. The fraction of sp³-hybridized carbons (Fsp3) is 0.860. The number of unbranched alkanes of at least 4 members (excludes halogenated alkanes) is 24. The first-order chi connectivity index (χ1) is 26.2. The number of phosphoric acid groups is 1. The highest BCUT2D eigenvalue weighted by Crippen LogP contribution is 2.43. The maximum absolute atomic E-state index is 12.6. The molecule has 0 amide bonds. The zero-order valence-electron chi connectivity index (χ0n) is 34.4. The van der Waals surface area contributed by atoms with Gasteiger partial charge in [-0.15, -0.1) is 0 Å². The number of ether oxygens (including phenoxy) is 2. The summed E-state index contributed by atoms with van der Waals surface area (Å²) in [5, 5.41) is 18.3. The van der Waals surface area contributed by atoms with Crippen molar-refractivity contribution in [1.29, 1.82) is 0 Å². The van der Waals surface area contributed by atoms with Crippen LogP contribution in [0.25, 0.3) is 0 Å². The molecule has 0 aromatic rings. The van der Waals surface area contributed by atoms with Gasteiger partial charge in [0.1, 0.15) is 12.7 Å². The molecule has 0 bridgehead atoms. The summed E-state index contributed by atoms with van der Waals surface area (Å²) in [5.74, 6) is -0.935. The molecule has 54 heavy (non-hydrogen) atoms. The Morgan fingerprint density at radius 1 is 0.556 bits per heavy atom. The van der Waals surface area contributed by atoms with Crippen LogP contribution in [0, 0.1) is 0 Å². The molecular weight excluding hydrogens is 707 g/mol. The largest absolute Gasteiger partial charge is 0.472 e. The van der Waals surface area contributed by atoms with Gasteiger partial charge in [-0.25, -0.2) is 4.57 Å². The Morgan fingerprint density at radius 3 is 1.41 bits per heavy atom. The van der Waals surface area contributed by atoms with Gasteiger partial charge in [-0.2, -0.15) is 0 Å². The van der Waals surface area contributed by atoms with E-state index >= 15 is 0 Å². The first-order valence-corrected chi connectivity index (χ1v) is 23.3. The molecule has 0 heterocycles. The number of hydrogen-bond donors (Lipinski definition) is 3. The van der Waals surface area contributed by atoms with Gasteiger partial charge >= 0.3 is 19.8 Å². The zero-order valence-corrected chi connectivity index (χ0v) is 35.3. The van der Waals surface area contributed by atoms with Crippen LogP contribution in [0.1, 0.15) is 200 Å². The van der Waals surface area contributed by atoms with E-state index in [1.54, 1.807) is 0 Å². The van der Waals surface area contributed by atoms with Crippen molar-refractivity contribution in [1.82, 2.24) is 0 Å². The predicted molar refractivity (Wildman–Crippen MR) is 219 cm³/mol. The molecule has 0 aliphatic heterocycles. The molecule has 0 aliphatic rings. The quantitative estimate of drug-likeness (QED) is 0.0236. The number of carbonyl (C=O) groups excluding carboxylic acids is 2. The molecule has 0 rings (SSSR count). The van der Waals surface area contributed by atoms with E-state index in [0.29, 0.717) is 12.8 Å². The smallest absolute Gasteiger partial charge is 0.462 e. The summed E-state index contributed by atoms with van der Waals surface area (Å²) >= 11 is 0. The van der Waals surface area contributed by atoms with Gasteiger partial charge in [-0.3, -0.25) is 18.6 Å². The van der Waals surface area contributed by atoms with Crippen LogP contribution in [0.15, 0.2) is 24.3 Å². The highest BCUT2D eigenvalue weighted by molar-refractivity contribution is 7.47. The molecule has 0 aromatic heterocycles. The van der Waals surface area contributed by atoms with Crippen LogP contribution in [-0.4, -0.2) is 65.7 Å². The molecule has 10 nitrogen and oxygen atoms in total. The minimum absolute atomic E-state index is 0.169. The monoisotopic (exact) mass is 789 g/mol. The molecular formula is C43H81O10P. The molecule has 0 radical (unpaired) electrons. The summed E-state index contributed by atoms with van der Waals surface area (Å²) in [4.78, 5) is 35.0. The third kappa shape index (κ3) is 38.7. The fourth-order valence-electron chi connectivity index (χ4n) is 5.98. The lowest BCUT2D eigenvalue weighted by atomic mass is 10.0. The van der Waals surface area contributed by atoms with Crippen molar-refractivity contribution in [3.05, 3.63) is 24.3 Å². The normalized spacial score (nSPS) is 14.1. The third-order valence-corrected chi connectivity index (χ3v) is 10.3. The second-order valence-electron chi connectivity index (χ2n) is 14.8. The van der Waals surface area contributed by atoms with Gasteiger partial charge in [0.2, 0.25) is 0 Å². The minimum Gasteiger partial charge on any atom is -0.462 e. The van der Waals surface area contributed by atoms with Gasteiger partial charge in [0, 0.05) is 12.8 Å². The number of esters is 2. The van der Waals surface area contributed by atoms with Crippen molar-refractivity contribution >= 4 is 19.8 Å². The molecule has 0 saturated carbocycles. The van der Waals surface area contributed by atoms with Gasteiger partial charge in [-0.05, 0) is 38.5 Å². The zero-order chi connectivity index (χ0) is 39.8. The number of allylic oxidation sites excluding steroid dienone is 4. The second kappa shape index (κ2) is 39.7. The van der Waals surface area contributed by atoms with Crippen molar-refractivity contribution in [3.63, 3.8) is 0 Å². The molecule has 3 atom stereocenters. The number of carbonyl (C=O) groups is 2. The lowest BCUT2D eigenvalue weighted by Crippen LogP contribution is -2.29. The first kappa shape index (κ1) is 52.5. The Bertz CT molecular complexity index is 957. The summed E-state index contributed by atoms with van der Waals surface area (Å²) in [6, 6.07) is 0. The number of phosphoric ester groups is 1. The van der Waals surface area contributed by atoms with Crippen molar-refractivity contribution in [2.24, 2.45) is 0 Å². The second-order valence-corrected chi connectivity index (χ2v) is 16.2. The Balaban J connectivity index is 4.30. The van der Waals surface area contributed by atoms with Gasteiger partial charge in [-0.1, -0.05) is 173 Å². The third-order valence-electron chi connectivity index (χ3n) is 9.39. The molecule has 0 spiro atoms. The Morgan fingerprint density at radius 2 is 0.944 bits per heavy atom. The Kier molecular flexibility index (Phi) is 38.5. The van der Waals surface area contributed by atoms with Crippen LogP contribution in [0.4, 0.5) is 0 Å². The Labute approximate surface area is 329 Å². The van der Waals surface area contributed by atoms with E-state index in [2.05, 4.69) is 42.7 Å². The van der Waals surface area contributed by atoms with Crippen LogP contribution >= 0.6 is 7.82 Å². The van der Waals surface area contributed by atoms with Crippen LogP contribution < -0.4 is 0 Å². The molecule has 0 aliphatic carbocycles. The molecule has 11 heteroatoms. The van der Waals surface area contributed by atoms with Crippen molar-refractivity contribution in [3.8, 4) is 0 Å². The number of aliphatic hydroxyl groups excluding tert-OH is 2. The van der Waals surface area contributed by atoms with Gasteiger partial charge < -0.3 is 24.6 Å². The fourth-order valence-corrected chi connectivity index (χ4v) is 6.77. The minimum atomic E-state index is -4.62. The van der Waals surface area contributed by atoms with Crippen LogP contribution in [0.2, 0.25) is 0 Å². The molecule has 1 unspecified atom stereocenters. The summed E-state index contributed by atoms with van der Waals surface area (Å²) in [6.45, 7) is 2.36. The van der Waals surface area contributed by atoms with Crippen LogP contribution in [0.3, 0.4) is 0 Å². The highest BCUT2D eigenvalue weighted by atomic mass is 31.2. The summed E-state index contributed by atoms with van der Waals surface area (Å²) in [6.07, 6.45) is 38.5. The lowest BCUT2D eigenvalue weighted by molar-refractivity contribution is -0.161. The number of hydrogen-bond acceptors (Lipinski definition) is 9. The molecule has 318 valence electrons. The molecule has 0 aromatic carbocycles. The van der Waals surface area contributed by atoms with E-state index in [1.165, 1.54) is 103 Å². The topological polar surface area (TPSA) is 149 Å². The predicted octanol–water partition coefficient (Wildman–Crippen LogP) is 11.4. The van der Waals surface area contributed by atoms with E-state index in [9.17, 15) is 24.2 Å². The van der Waals surface area contributed by atoms with Gasteiger partial charge in [0.05, 0.1) is 19.8 Å². The van der Waals surface area contributed by atoms with Crippen molar-refractivity contribution in [2.75, 3.05) is 26.4 Å². The molecule has 0 saturated heterocycles. The maximum atomic E-state index is 12.6. The van der Waals surface area contributed by atoms with Gasteiger partial charge in [0.25, 0.3) is 0 Å². The van der Waals surface area contributed by atoms with Crippen LogP contribution in [0.5, 0.6) is 0 Å². The standard InChI is InChI=1S/C43H81O10P/c1-3-5-7-9-11-13-15-17-19-21-22-24-26-28-30-32-34-42(46)50-38-41(39-52-54(48,49)51-37-40(45)36-44)53-43(47)35-33-31-29-27-25-23-20-18-16-14-12-10-8-6-4-2/h14,16,18,20,40-41,44-45H,3-13,15,17,19,21-39H2,1-2H3,(H,48,49)/b16-14+,20-18+/t40-,41+/m0/s1. The van der Waals surface area contributed by atoms with Crippen LogP contribution in [-0.2, 0) is 32.7 Å². The van der Waals surface area contributed by atoms with Gasteiger partial charge in [0.15, 0.2) is 6.10 Å².